The second-order valence-corrected chi connectivity index (χ2v) is 6.33. The van der Waals surface area contributed by atoms with E-state index >= 15 is 0 Å². The van der Waals surface area contributed by atoms with E-state index in [2.05, 4.69) is 21.0 Å². The van der Waals surface area contributed by atoms with Crippen molar-refractivity contribution in [3.05, 3.63) is 0 Å². The van der Waals surface area contributed by atoms with Crippen LogP contribution in [-0.2, 0) is 9.59 Å². The van der Waals surface area contributed by atoms with Gasteiger partial charge in [0.1, 0.15) is 0 Å². The molecule has 1 N–H and O–H groups in total. The van der Waals surface area contributed by atoms with Crippen molar-refractivity contribution in [3.8, 4) is 12.3 Å². The Bertz CT molecular complexity index is 430. The lowest BCUT2D eigenvalue weighted by Gasteiger charge is -2.34. The van der Waals surface area contributed by atoms with Gasteiger partial charge in [-0.2, -0.15) is 0 Å². The summed E-state index contributed by atoms with van der Waals surface area (Å²) in [5.74, 6) is 2.63. The first kappa shape index (κ1) is 17.8. The molecular weight excluding hydrogens is 292 g/mol. The molecule has 2 fully saturated rings. The number of carbonyl (C=O) groups excluding carboxylic acids is 2. The van der Waals surface area contributed by atoms with E-state index in [0.717, 1.165) is 52.1 Å². The minimum Gasteiger partial charge on any atom is -0.344 e. The van der Waals surface area contributed by atoms with Crippen LogP contribution in [0, 0.1) is 12.3 Å². The molecule has 2 rings (SSSR count). The lowest BCUT2D eigenvalue weighted by atomic mass is 10.2. The van der Waals surface area contributed by atoms with Crippen molar-refractivity contribution in [1.29, 1.82) is 0 Å². The first-order chi connectivity index (χ1) is 11.2. The van der Waals surface area contributed by atoms with Crippen LogP contribution in [0.25, 0.3) is 0 Å². The number of nitrogens with one attached hydrogen (secondary N) is 1. The van der Waals surface area contributed by atoms with Gasteiger partial charge in [0.2, 0.25) is 11.8 Å². The fourth-order valence-corrected chi connectivity index (χ4v) is 3.13. The average molecular weight is 320 g/mol. The van der Waals surface area contributed by atoms with Gasteiger partial charge in [0.15, 0.2) is 0 Å². The summed E-state index contributed by atoms with van der Waals surface area (Å²) in [7, 11) is 0. The first-order valence-corrected chi connectivity index (χ1v) is 8.61. The highest BCUT2D eigenvalue weighted by Gasteiger charge is 2.23. The second kappa shape index (κ2) is 9.53. The topological polar surface area (TPSA) is 55.9 Å². The molecule has 0 unspecified atom stereocenters. The summed E-state index contributed by atoms with van der Waals surface area (Å²) in [6.45, 7) is 6.30. The number of amides is 2. The third-order valence-corrected chi connectivity index (χ3v) is 4.54. The molecule has 128 valence electrons. The molecule has 2 heterocycles. The molecule has 2 saturated heterocycles. The Kier molecular flexibility index (Phi) is 7.37. The Morgan fingerprint density at radius 2 is 1.43 bits per heavy atom. The molecule has 0 saturated carbocycles. The van der Waals surface area contributed by atoms with E-state index in [0.29, 0.717) is 13.1 Å². The Hall–Kier alpha value is -1.58. The molecular formula is C17H28N4O2. The molecule has 0 aromatic rings. The van der Waals surface area contributed by atoms with Crippen LogP contribution >= 0.6 is 0 Å². The molecule has 0 aliphatic carbocycles. The Balaban J connectivity index is 1.67. The second-order valence-electron chi connectivity index (χ2n) is 6.33. The van der Waals surface area contributed by atoms with Crippen LogP contribution < -0.4 is 5.32 Å². The quantitative estimate of drug-likeness (QED) is 0.710. The molecule has 6 nitrogen and oxygen atoms in total. The van der Waals surface area contributed by atoms with Crippen molar-refractivity contribution in [2.75, 3.05) is 58.9 Å². The van der Waals surface area contributed by atoms with Gasteiger partial charge in [-0.25, -0.2) is 0 Å². The van der Waals surface area contributed by atoms with Crippen molar-refractivity contribution in [3.63, 3.8) is 0 Å². The van der Waals surface area contributed by atoms with Gasteiger partial charge in [-0.05, 0) is 12.8 Å². The minimum absolute atomic E-state index is 0.0305. The van der Waals surface area contributed by atoms with Crippen LogP contribution in [0.5, 0.6) is 0 Å². The standard InChI is InChI=1S/C17H28N4O2/c1-2-7-18-16(22)14-19-10-12-20(13-11-19)15-17(23)21-8-5-3-4-6-9-21/h1H,3-15H2,(H,18,22). The van der Waals surface area contributed by atoms with E-state index in [-0.39, 0.29) is 18.4 Å². The maximum absolute atomic E-state index is 12.4. The molecule has 6 heteroatoms. The fraction of sp³-hybridized carbons (Fsp3) is 0.765. The normalized spacial score (nSPS) is 20.6. The number of hydrogen-bond donors (Lipinski definition) is 1. The maximum atomic E-state index is 12.4. The van der Waals surface area contributed by atoms with Crippen LogP contribution in [0.4, 0.5) is 0 Å². The third-order valence-electron chi connectivity index (χ3n) is 4.54. The van der Waals surface area contributed by atoms with Crippen molar-refractivity contribution in [2.24, 2.45) is 0 Å². The molecule has 0 aromatic heterocycles. The number of piperazine rings is 1. The van der Waals surface area contributed by atoms with Gasteiger partial charge >= 0.3 is 0 Å². The third kappa shape index (κ3) is 6.20. The van der Waals surface area contributed by atoms with Crippen LogP contribution in [-0.4, -0.2) is 85.4 Å². The largest absolute Gasteiger partial charge is 0.344 e. The van der Waals surface area contributed by atoms with Gasteiger partial charge in [0.25, 0.3) is 0 Å². The van der Waals surface area contributed by atoms with Crippen molar-refractivity contribution in [1.82, 2.24) is 20.0 Å². The van der Waals surface area contributed by atoms with E-state index in [1.165, 1.54) is 12.8 Å². The maximum Gasteiger partial charge on any atom is 0.236 e. The Morgan fingerprint density at radius 3 is 2.00 bits per heavy atom. The fourth-order valence-electron chi connectivity index (χ4n) is 3.13. The number of terminal acetylenes is 1. The summed E-state index contributed by atoms with van der Waals surface area (Å²) in [6.07, 6.45) is 9.87. The van der Waals surface area contributed by atoms with Gasteiger partial charge in [0.05, 0.1) is 19.6 Å². The Labute approximate surface area is 139 Å². The van der Waals surface area contributed by atoms with Crippen LogP contribution in [0.3, 0.4) is 0 Å². The summed E-state index contributed by atoms with van der Waals surface area (Å²) in [5, 5.41) is 2.68. The molecule has 2 amide bonds. The van der Waals surface area contributed by atoms with Gasteiger partial charge in [-0.3, -0.25) is 19.4 Å². The molecule has 0 bridgehead atoms. The van der Waals surface area contributed by atoms with E-state index < -0.39 is 0 Å². The van der Waals surface area contributed by atoms with E-state index in [9.17, 15) is 9.59 Å². The molecule has 23 heavy (non-hydrogen) atoms. The Morgan fingerprint density at radius 1 is 0.870 bits per heavy atom. The number of rotatable bonds is 5. The highest BCUT2D eigenvalue weighted by Crippen LogP contribution is 2.10. The van der Waals surface area contributed by atoms with Gasteiger partial charge < -0.3 is 10.2 Å². The SMILES string of the molecule is C#CCNC(=O)CN1CCN(CC(=O)N2CCCCCC2)CC1. The summed E-state index contributed by atoms with van der Waals surface area (Å²) in [4.78, 5) is 30.4. The van der Waals surface area contributed by atoms with Gasteiger partial charge in [-0.1, -0.05) is 18.8 Å². The van der Waals surface area contributed by atoms with Crippen molar-refractivity contribution >= 4 is 11.8 Å². The molecule has 0 spiro atoms. The average Bonchev–Trinajstić information content (AvgIpc) is 2.84. The van der Waals surface area contributed by atoms with Crippen molar-refractivity contribution < 1.29 is 9.59 Å². The zero-order valence-electron chi connectivity index (χ0n) is 13.9. The molecule has 0 aromatic carbocycles. The minimum atomic E-state index is -0.0305. The predicted octanol–water partition coefficient (Wildman–Crippen LogP) is -0.244. The van der Waals surface area contributed by atoms with Crippen molar-refractivity contribution in [2.45, 2.75) is 25.7 Å². The summed E-state index contributed by atoms with van der Waals surface area (Å²) >= 11 is 0. The van der Waals surface area contributed by atoms with Gasteiger partial charge in [0, 0.05) is 39.3 Å². The highest BCUT2D eigenvalue weighted by atomic mass is 16.2. The molecule has 2 aliphatic rings. The zero-order valence-corrected chi connectivity index (χ0v) is 13.9. The molecule has 0 radical (unpaired) electrons. The zero-order chi connectivity index (χ0) is 16.5. The van der Waals surface area contributed by atoms with E-state index in [4.69, 9.17) is 6.42 Å². The number of likely N-dealkylation sites (tertiary alicyclic amines) is 1. The number of hydrogen-bond acceptors (Lipinski definition) is 4. The molecule has 2 aliphatic heterocycles. The predicted molar refractivity (Wildman–Crippen MR) is 89.8 cm³/mol. The van der Waals surface area contributed by atoms with Crippen LogP contribution in [0.15, 0.2) is 0 Å². The summed E-state index contributed by atoms with van der Waals surface area (Å²) in [6, 6.07) is 0. The summed E-state index contributed by atoms with van der Waals surface area (Å²) < 4.78 is 0. The van der Waals surface area contributed by atoms with E-state index in [1.54, 1.807) is 0 Å². The van der Waals surface area contributed by atoms with E-state index in [1.807, 2.05) is 4.90 Å². The van der Waals surface area contributed by atoms with Crippen LogP contribution in [0.1, 0.15) is 25.7 Å². The lowest BCUT2D eigenvalue weighted by Crippen LogP contribution is -2.52. The molecule has 0 atom stereocenters. The monoisotopic (exact) mass is 320 g/mol. The lowest BCUT2D eigenvalue weighted by molar-refractivity contribution is -0.133. The first-order valence-electron chi connectivity index (χ1n) is 8.61. The summed E-state index contributed by atoms with van der Waals surface area (Å²) in [5.41, 5.74) is 0. The van der Waals surface area contributed by atoms with Gasteiger partial charge in [-0.15, -0.1) is 6.42 Å². The number of nitrogens with zero attached hydrogens (tertiary/aromatic N) is 3. The number of carbonyl (C=O) groups is 2. The highest BCUT2D eigenvalue weighted by molar-refractivity contribution is 5.78. The van der Waals surface area contributed by atoms with Crippen LogP contribution in [0.2, 0.25) is 0 Å². The smallest absolute Gasteiger partial charge is 0.236 e.